The molecule has 1 atom stereocenters. The van der Waals surface area contributed by atoms with Gasteiger partial charge >= 0.3 is 0 Å². The average Bonchev–Trinajstić information content (AvgIpc) is 3.20. The Labute approximate surface area is 151 Å². The Bertz CT molecular complexity index is 859. The van der Waals surface area contributed by atoms with Crippen LogP contribution in [0.5, 0.6) is 0 Å². The molecule has 2 heterocycles. The first-order valence-corrected chi connectivity index (χ1v) is 9.55. The average molecular weight is 348 g/mol. The molecule has 0 radical (unpaired) electrons. The van der Waals surface area contributed by atoms with Crippen LogP contribution in [0.3, 0.4) is 0 Å². The number of rotatable bonds is 4. The van der Waals surface area contributed by atoms with Gasteiger partial charge in [0.15, 0.2) is 0 Å². The van der Waals surface area contributed by atoms with Gasteiger partial charge in [0, 0.05) is 17.3 Å². The summed E-state index contributed by atoms with van der Waals surface area (Å²) in [6.45, 7) is 0. The normalized spacial score (nSPS) is 14.6. The van der Waals surface area contributed by atoms with E-state index in [2.05, 4.69) is 39.9 Å². The number of fused-ring (bicyclic) bond motifs is 1. The zero-order valence-electron chi connectivity index (χ0n) is 13.9. The van der Waals surface area contributed by atoms with Gasteiger partial charge in [-0.15, -0.1) is 11.3 Å². The Morgan fingerprint density at radius 3 is 2.72 bits per heavy atom. The Hall–Kier alpha value is -2.46. The third-order valence-corrected chi connectivity index (χ3v) is 5.67. The van der Waals surface area contributed by atoms with Crippen LogP contribution in [0.1, 0.15) is 50.8 Å². The highest BCUT2D eigenvalue weighted by Crippen LogP contribution is 2.30. The van der Waals surface area contributed by atoms with Crippen LogP contribution in [-0.4, -0.2) is 10.9 Å². The monoisotopic (exact) mass is 348 g/mol. The summed E-state index contributed by atoms with van der Waals surface area (Å²) < 4.78 is 0. The van der Waals surface area contributed by atoms with Crippen molar-refractivity contribution in [1.82, 2.24) is 10.3 Å². The zero-order valence-corrected chi connectivity index (χ0v) is 14.8. The Morgan fingerprint density at radius 2 is 1.96 bits per heavy atom. The van der Waals surface area contributed by atoms with Crippen LogP contribution < -0.4 is 5.32 Å². The van der Waals surface area contributed by atoms with Crippen molar-refractivity contribution in [3.05, 3.63) is 87.4 Å². The molecular weight excluding hydrogens is 328 g/mol. The van der Waals surface area contributed by atoms with Crippen molar-refractivity contribution in [2.24, 2.45) is 0 Å². The van der Waals surface area contributed by atoms with Crippen LogP contribution in [-0.2, 0) is 12.8 Å². The minimum atomic E-state index is -0.125. The SMILES string of the molecule is O=C(N[C@H](c1ccc2c(c1)CCCC2)c1cccs1)c1cccnc1. The van der Waals surface area contributed by atoms with Crippen LogP contribution in [0.15, 0.2) is 60.2 Å². The molecule has 0 saturated carbocycles. The number of aryl methyl sites for hydroxylation is 2. The fourth-order valence-corrected chi connectivity index (χ4v) is 4.22. The molecule has 1 N–H and O–H groups in total. The summed E-state index contributed by atoms with van der Waals surface area (Å²) in [4.78, 5) is 17.9. The van der Waals surface area contributed by atoms with E-state index < -0.39 is 0 Å². The molecular formula is C21H20N2OS. The number of amides is 1. The summed E-state index contributed by atoms with van der Waals surface area (Å²) in [5, 5.41) is 5.24. The Balaban J connectivity index is 1.66. The van der Waals surface area contributed by atoms with Gasteiger partial charge in [0.1, 0.15) is 0 Å². The summed E-state index contributed by atoms with van der Waals surface area (Å²) in [6, 6.07) is 14.2. The van der Waals surface area contributed by atoms with E-state index in [4.69, 9.17) is 0 Å². The second kappa shape index (κ2) is 7.19. The standard InChI is InChI=1S/C21H20N2OS/c24-21(18-7-3-11-22-14-18)23-20(19-8-4-12-25-19)17-10-9-15-5-1-2-6-16(15)13-17/h3-4,7-14,20H,1-2,5-6H2,(H,23,24)/t20-/m1/s1. The number of carbonyl (C=O) groups excluding carboxylic acids is 1. The highest BCUT2D eigenvalue weighted by atomic mass is 32.1. The Kier molecular flexibility index (Phi) is 4.61. The second-order valence-electron chi connectivity index (χ2n) is 6.40. The van der Waals surface area contributed by atoms with E-state index in [0.29, 0.717) is 5.56 Å². The molecule has 25 heavy (non-hydrogen) atoms. The van der Waals surface area contributed by atoms with E-state index in [1.807, 2.05) is 6.07 Å². The molecule has 1 aromatic carbocycles. The molecule has 0 aliphatic heterocycles. The topological polar surface area (TPSA) is 42.0 Å². The molecule has 0 spiro atoms. The summed E-state index contributed by atoms with van der Waals surface area (Å²) in [5.41, 5.74) is 4.63. The molecule has 4 rings (SSSR count). The van der Waals surface area contributed by atoms with Crippen molar-refractivity contribution in [2.45, 2.75) is 31.7 Å². The molecule has 1 aliphatic rings. The smallest absolute Gasteiger partial charge is 0.253 e. The first-order valence-electron chi connectivity index (χ1n) is 8.67. The van der Waals surface area contributed by atoms with Crippen LogP contribution >= 0.6 is 11.3 Å². The maximum atomic E-state index is 12.7. The van der Waals surface area contributed by atoms with E-state index >= 15 is 0 Å². The third-order valence-electron chi connectivity index (χ3n) is 4.73. The van der Waals surface area contributed by atoms with Gasteiger partial charge in [-0.1, -0.05) is 24.3 Å². The van der Waals surface area contributed by atoms with Crippen molar-refractivity contribution in [2.75, 3.05) is 0 Å². The molecule has 1 amide bonds. The van der Waals surface area contributed by atoms with Crippen molar-refractivity contribution < 1.29 is 4.79 Å². The van der Waals surface area contributed by atoms with E-state index in [-0.39, 0.29) is 11.9 Å². The number of hydrogen-bond acceptors (Lipinski definition) is 3. The van der Waals surface area contributed by atoms with Gasteiger partial charge in [0.2, 0.25) is 0 Å². The molecule has 2 aromatic heterocycles. The lowest BCUT2D eigenvalue weighted by Crippen LogP contribution is -2.29. The summed E-state index contributed by atoms with van der Waals surface area (Å²) in [6.07, 6.45) is 8.11. The number of hydrogen-bond donors (Lipinski definition) is 1. The highest BCUT2D eigenvalue weighted by Gasteiger charge is 2.20. The molecule has 0 fully saturated rings. The van der Waals surface area contributed by atoms with Gasteiger partial charge in [0.25, 0.3) is 5.91 Å². The minimum Gasteiger partial charge on any atom is -0.340 e. The summed E-state index contributed by atoms with van der Waals surface area (Å²) >= 11 is 1.67. The lowest BCUT2D eigenvalue weighted by Gasteiger charge is -2.22. The van der Waals surface area contributed by atoms with Crippen LogP contribution in [0, 0.1) is 0 Å². The number of benzene rings is 1. The predicted octanol–water partition coefficient (Wildman–Crippen LogP) is 4.54. The lowest BCUT2D eigenvalue weighted by molar-refractivity contribution is 0.0943. The number of aromatic nitrogens is 1. The molecule has 3 nitrogen and oxygen atoms in total. The quantitative estimate of drug-likeness (QED) is 0.752. The third kappa shape index (κ3) is 3.49. The Morgan fingerprint density at radius 1 is 1.08 bits per heavy atom. The number of thiophene rings is 1. The summed E-state index contributed by atoms with van der Waals surface area (Å²) in [7, 11) is 0. The molecule has 3 aromatic rings. The minimum absolute atomic E-state index is 0.0933. The molecule has 0 unspecified atom stereocenters. The second-order valence-corrected chi connectivity index (χ2v) is 7.38. The van der Waals surface area contributed by atoms with Gasteiger partial charge in [-0.05, 0) is 66.0 Å². The van der Waals surface area contributed by atoms with Crippen molar-refractivity contribution >= 4 is 17.2 Å². The summed E-state index contributed by atoms with van der Waals surface area (Å²) in [5.74, 6) is -0.0933. The number of nitrogens with zero attached hydrogens (tertiary/aromatic N) is 1. The van der Waals surface area contributed by atoms with Crippen molar-refractivity contribution in [3.63, 3.8) is 0 Å². The van der Waals surface area contributed by atoms with E-state index in [9.17, 15) is 4.79 Å². The largest absolute Gasteiger partial charge is 0.340 e. The van der Waals surface area contributed by atoms with Gasteiger partial charge in [-0.2, -0.15) is 0 Å². The van der Waals surface area contributed by atoms with Gasteiger partial charge in [0.05, 0.1) is 11.6 Å². The van der Waals surface area contributed by atoms with E-state index in [0.717, 1.165) is 16.9 Å². The van der Waals surface area contributed by atoms with Crippen LogP contribution in [0.25, 0.3) is 0 Å². The highest BCUT2D eigenvalue weighted by molar-refractivity contribution is 7.10. The van der Waals surface area contributed by atoms with Gasteiger partial charge in [-0.25, -0.2) is 0 Å². The van der Waals surface area contributed by atoms with Gasteiger partial charge in [-0.3, -0.25) is 9.78 Å². The molecule has 0 saturated heterocycles. The molecule has 0 bridgehead atoms. The van der Waals surface area contributed by atoms with E-state index in [1.54, 1.807) is 35.9 Å². The predicted molar refractivity (Wildman–Crippen MR) is 101 cm³/mol. The van der Waals surface area contributed by atoms with Gasteiger partial charge < -0.3 is 5.32 Å². The fraction of sp³-hybridized carbons (Fsp3) is 0.238. The molecule has 126 valence electrons. The first-order chi connectivity index (χ1) is 12.3. The maximum Gasteiger partial charge on any atom is 0.253 e. The number of pyridine rings is 1. The number of carbonyl (C=O) groups is 1. The maximum absolute atomic E-state index is 12.7. The van der Waals surface area contributed by atoms with Crippen LogP contribution in [0.4, 0.5) is 0 Å². The lowest BCUT2D eigenvalue weighted by atomic mass is 9.89. The van der Waals surface area contributed by atoms with Crippen molar-refractivity contribution in [1.29, 1.82) is 0 Å². The number of nitrogens with one attached hydrogen (secondary N) is 1. The molecule has 1 aliphatic carbocycles. The van der Waals surface area contributed by atoms with Crippen molar-refractivity contribution in [3.8, 4) is 0 Å². The zero-order chi connectivity index (χ0) is 17.1. The van der Waals surface area contributed by atoms with E-state index in [1.165, 1.54) is 30.4 Å². The first kappa shape index (κ1) is 16.0. The molecule has 4 heteroatoms. The van der Waals surface area contributed by atoms with Crippen LogP contribution in [0.2, 0.25) is 0 Å². The fourth-order valence-electron chi connectivity index (χ4n) is 3.42.